The van der Waals surface area contributed by atoms with E-state index in [9.17, 15) is 4.79 Å². The van der Waals surface area contributed by atoms with Gasteiger partial charge in [-0.05, 0) is 48.4 Å². The third-order valence-corrected chi connectivity index (χ3v) is 4.77. The van der Waals surface area contributed by atoms with Crippen LogP contribution >= 0.6 is 11.6 Å². The highest BCUT2D eigenvalue weighted by molar-refractivity contribution is 6.31. The maximum absolute atomic E-state index is 12.2. The van der Waals surface area contributed by atoms with Crippen molar-refractivity contribution in [3.05, 3.63) is 28.8 Å². The molecule has 1 heterocycles. The summed E-state index contributed by atoms with van der Waals surface area (Å²) in [5.74, 6) is 1.02. The van der Waals surface area contributed by atoms with Gasteiger partial charge in [-0.1, -0.05) is 39.3 Å². The van der Waals surface area contributed by atoms with E-state index in [0.29, 0.717) is 11.8 Å². The lowest BCUT2D eigenvalue weighted by Gasteiger charge is -2.33. The molecule has 0 aliphatic carbocycles. The largest absolute Gasteiger partial charge is 0.335 e. The zero-order valence-corrected chi connectivity index (χ0v) is 16.0. The number of hydrogen-bond acceptors (Lipinski definition) is 2. The molecular formula is C19H30ClN3O. The highest BCUT2D eigenvalue weighted by atomic mass is 35.5. The first-order chi connectivity index (χ1) is 11.3. The second-order valence-electron chi connectivity index (χ2n) is 7.46. The Hall–Kier alpha value is -1.26. The summed E-state index contributed by atoms with van der Waals surface area (Å²) in [7, 11) is 0. The first kappa shape index (κ1) is 19.1. The van der Waals surface area contributed by atoms with E-state index in [1.54, 1.807) is 0 Å². The van der Waals surface area contributed by atoms with Crippen molar-refractivity contribution >= 4 is 23.3 Å². The molecule has 0 radical (unpaired) electrons. The molecule has 2 amide bonds. The van der Waals surface area contributed by atoms with E-state index in [2.05, 4.69) is 43.2 Å². The van der Waals surface area contributed by atoms with E-state index < -0.39 is 0 Å². The van der Waals surface area contributed by atoms with E-state index in [-0.39, 0.29) is 12.1 Å². The maximum Gasteiger partial charge on any atom is 0.319 e. The number of halogens is 1. The van der Waals surface area contributed by atoms with Gasteiger partial charge in [0.1, 0.15) is 0 Å². The summed E-state index contributed by atoms with van der Waals surface area (Å²) >= 11 is 6.20. The summed E-state index contributed by atoms with van der Waals surface area (Å²) in [5, 5.41) is 6.77. The molecule has 2 N–H and O–H groups in total. The van der Waals surface area contributed by atoms with Crippen molar-refractivity contribution in [2.24, 2.45) is 5.92 Å². The summed E-state index contributed by atoms with van der Waals surface area (Å²) in [6.45, 7) is 11.9. The van der Waals surface area contributed by atoms with Crippen molar-refractivity contribution in [1.29, 1.82) is 0 Å². The van der Waals surface area contributed by atoms with Crippen LogP contribution < -0.4 is 10.6 Å². The van der Waals surface area contributed by atoms with Crippen molar-refractivity contribution in [2.75, 3.05) is 25.0 Å². The Bertz CT molecular complexity index is 552. The van der Waals surface area contributed by atoms with Crippen LogP contribution in [-0.4, -0.2) is 36.6 Å². The van der Waals surface area contributed by atoms with Gasteiger partial charge in [0, 0.05) is 36.4 Å². The molecular weight excluding hydrogens is 322 g/mol. The number of hydrogen-bond donors (Lipinski definition) is 2. The fourth-order valence-corrected chi connectivity index (χ4v) is 3.53. The number of carbonyl (C=O) groups excluding carboxylic acids is 1. The minimum absolute atomic E-state index is 0.130. The lowest BCUT2D eigenvalue weighted by Crippen LogP contribution is -2.46. The molecule has 5 heteroatoms. The number of piperidine rings is 1. The van der Waals surface area contributed by atoms with Crippen molar-refractivity contribution in [3.63, 3.8) is 0 Å². The summed E-state index contributed by atoms with van der Waals surface area (Å²) in [6.07, 6.45) is 2.02. The van der Waals surface area contributed by atoms with Crippen LogP contribution in [0.4, 0.5) is 10.5 Å². The molecule has 1 aliphatic rings. The molecule has 1 fully saturated rings. The van der Waals surface area contributed by atoms with E-state index in [4.69, 9.17) is 11.6 Å². The average molecular weight is 352 g/mol. The molecule has 24 heavy (non-hydrogen) atoms. The van der Waals surface area contributed by atoms with Gasteiger partial charge >= 0.3 is 6.03 Å². The standard InChI is InChI=1S/C19H30ClN3O/c1-13(2)12-23-9-7-15(8-10-23)21-19(24)22-16-5-6-18(20)17(11-16)14(3)4/h5-6,11,13-15H,7-10,12H2,1-4H3,(H2,21,22,24). The number of urea groups is 1. The summed E-state index contributed by atoms with van der Waals surface area (Å²) in [4.78, 5) is 14.7. The molecule has 4 nitrogen and oxygen atoms in total. The van der Waals surface area contributed by atoms with Gasteiger partial charge in [0.15, 0.2) is 0 Å². The fraction of sp³-hybridized carbons (Fsp3) is 0.632. The quantitative estimate of drug-likeness (QED) is 0.807. The zero-order chi connectivity index (χ0) is 17.7. The predicted octanol–water partition coefficient (Wildman–Crippen LogP) is 4.71. The lowest BCUT2D eigenvalue weighted by atomic mass is 10.0. The highest BCUT2D eigenvalue weighted by Gasteiger charge is 2.21. The molecule has 1 aromatic rings. The Morgan fingerprint density at radius 3 is 2.50 bits per heavy atom. The summed E-state index contributed by atoms with van der Waals surface area (Å²) in [6, 6.07) is 5.77. The molecule has 2 rings (SSSR count). The van der Waals surface area contributed by atoms with Crippen molar-refractivity contribution in [3.8, 4) is 0 Å². The summed E-state index contributed by atoms with van der Waals surface area (Å²) in [5.41, 5.74) is 1.84. The van der Waals surface area contributed by atoms with Crippen LogP contribution in [0.1, 0.15) is 52.0 Å². The highest BCUT2D eigenvalue weighted by Crippen LogP contribution is 2.27. The molecule has 1 aliphatic heterocycles. The van der Waals surface area contributed by atoms with Crippen LogP contribution in [0, 0.1) is 5.92 Å². The van der Waals surface area contributed by atoms with Crippen LogP contribution in [0.3, 0.4) is 0 Å². The van der Waals surface area contributed by atoms with Crippen LogP contribution in [-0.2, 0) is 0 Å². The van der Waals surface area contributed by atoms with Gasteiger partial charge in [-0.15, -0.1) is 0 Å². The van der Waals surface area contributed by atoms with Gasteiger partial charge in [-0.3, -0.25) is 0 Å². The van der Waals surface area contributed by atoms with Gasteiger partial charge in [-0.2, -0.15) is 0 Å². The van der Waals surface area contributed by atoms with E-state index in [0.717, 1.165) is 48.7 Å². The molecule has 1 aromatic carbocycles. The number of rotatable bonds is 5. The van der Waals surface area contributed by atoms with Crippen LogP contribution in [0.15, 0.2) is 18.2 Å². The lowest BCUT2D eigenvalue weighted by molar-refractivity contribution is 0.180. The Kier molecular flexibility index (Phi) is 6.93. The Balaban J connectivity index is 1.83. The molecule has 0 saturated carbocycles. The second-order valence-corrected chi connectivity index (χ2v) is 7.87. The Morgan fingerprint density at radius 1 is 1.25 bits per heavy atom. The number of nitrogens with zero attached hydrogens (tertiary/aromatic N) is 1. The summed E-state index contributed by atoms with van der Waals surface area (Å²) < 4.78 is 0. The van der Waals surface area contributed by atoms with Crippen LogP contribution in [0.5, 0.6) is 0 Å². The van der Waals surface area contributed by atoms with Gasteiger partial charge in [0.25, 0.3) is 0 Å². The molecule has 0 atom stereocenters. The third kappa shape index (κ3) is 5.67. The van der Waals surface area contributed by atoms with Crippen molar-refractivity contribution < 1.29 is 4.79 Å². The van der Waals surface area contributed by atoms with E-state index in [1.807, 2.05) is 18.2 Å². The Labute approximate surface area is 150 Å². The first-order valence-electron chi connectivity index (χ1n) is 8.94. The van der Waals surface area contributed by atoms with Gasteiger partial charge in [0.2, 0.25) is 0 Å². The number of carbonyl (C=O) groups is 1. The third-order valence-electron chi connectivity index (χ3n) is 4.42. The minimum atomic E-state index is -0.130. The fourth-order valence-electron chi connectivity index (χ4n) is 3.19. The molecule has 0 spiro atoms. The topological polar surface area (TPSA) is 44.4 Å². The predicted molar refractivity (Wildman–Crippen MR) is 102 cm³/mol. The molecule has 0 bridgehead atoms. The number of amides is 2. The Morgan fingerprint density at radius 2 is 1.92 bits per heavy atom. The maximum atomic E-state index is 12.2. The molecule has 134 valence electrons. The molecule has 0 aromatic heterocycles. The van der Waals surface area contributed by atoms with Gasteiger partial charge in [0.05, 0.1) is 0 Å². The number of benzene rings is 1. The number of anilines is 1. The van der Waals surface area contributed by atoms with E-state index >= 15 is 0 Å². The number of nitrogens with one attached hydrogen (secondary N) is 2. The van der Waals surface area contributed by atoms with Crippen LogP contribution in [0.25, 0.3) is 0 Å². The van der Waals surface area contributed by atoms with Crippen LogP contribution in [0.2, 0.25) is 5.02 Å². The van der Waals surface area contributed by atoms with Crippen molar-refractivity contribution in [1.82, 2.24) is 10.2 Å². The monoisotopic (exact) mass is 351 g/mol. The smallest absolute Gasteiger partial charge is 0.319 e. The van der Waals surface area contributed by atoms with Gasteiger partial charge in [-0.25, -0.2) is 4.79 Å². The molecule has 1 saturated heterocycles. The second kappa shape index (κ2) is 8.72. The molecule has 0 unspecified atom stereocenters. The minimum Gasteiger partial charge on any atom is -0.335 e. The number of likely N-dealkylation sites (tertiary alicyclic amines) is 1. The SMILES string of the molecule is CC(C)CN1CCC(NC(=O)Nc2ccc(Cl)c(C(C)C)c2)CC1. The van der Waals surface area contributed by atoms with Gasteiger partial charge < -0.3 is 15.5 Å². The zero-order valence-electron chi connectivity index (χ0n) is 15.2. The van der Waals surface area contributed by atoms with E-state index in [1.165, 1.54) is 0 Å². The van der Waals surface area contributed by atoms with Crippen molar-refractivity contribution in [2.45, 2.75) is 52.5 Å². The normalized spacial score (nSPS) is 16.6. The average Bonchev–Trinajstić information content (AvgIpc) is 2.50. The first-order valence-corrected chi connectivity index (χ1v) is 9.32.